The van der Waals surface area contributed by atoms with Gasteiger partial charge in [-0.25, -0.2) is 0 Å². The zero-order valence-electron chi connectivity index (χ0n) is 13.8. The standard InChI is InChI=1S/C18H21F2N3O2/c1-12(21)10-11-22-17(24)15-4-2-3-5-16(15)23-13-6-8-14(9-7-13)25-18(19)20/h2-9,12,18,23H,10-11,21H2,1H3,(H,22,24). The normalized spacial score (nSPS) is 11.9. The zero-order valence-corrected chi connectivity index (χ0v) is 13.8. The number of rotatable bonds is 8. The van der Waals surface area contributed by atoms with Crippen molar-refractivity contribution in [2.45, 2.75) is 26.0 Å². The maximum Gasteiger partial charge on any atom is 0.387 e. The molecule has 4 N–H and O–H groups in total. The van der Waals surface area contributed by atoms with E-state index in [0.29, 0.717) is 29.9 Å². The van der Waals surface area contributed by atoms with E-state index in [0.717, 1.165) is 0 Å². The molecular weight excluding hydrogens is 328 g/mol. The van der Waals surface area contributed by atoms with Crippen LogP contribution >= 0.6 is 0 Å². The van der Waals surface area contributed by atoms with Crippen molar-refractivity contribution in [1.82, 2.24) is 5.32 Å². The number of anilines is 2. The number of amides is 1. The van der Waals surface area contributed by atoms with E-state index in [4.69, 9.17) is 5.73 Å². The summed E-state index contributed by atoms with van der Waals surface area (Å²) in [6.07, 6.45) is 0.687. The summed E-state index contributed by atoms with van der Waals surface area (Å²) in [5, 5.41) is 5.93. The summed E-state index contributed by atoms with van der Waals surface area (Å²) >= 11 is 0. The minimum atomic E-state index is -2.86. The molecule has 1 unspecified atom stereocenters. The fraction of sp³-hybridized carbons (Fsp3) is 0.278. The summed E-state index contributed by atoms with van der Waals surface area (Å²) in [5.41, 5.74) is 7.42. The van der Waals surface area contributed by atoms with Crippen LogP contribution in [0.4, 0.5) is 20.2 Å². The maximum absolute atomic E-state index is 12.3. The maximum atomic E-state index is 12.3. The number of carbonyl (C=O) groups is 1. The van der Waals surface area contributed by atoms with Crippen LogP contribution in [0.25, 0.3) is 0 Å². The van der Waals surface area contributed by atoms with Gasteiger partial charge < -0.3 is 21.1 Å². The molecule has 0 aromatic heterocycles. The van der Waals surface area contributed by atoms with Gasteiger partial charge in [-0.3, -0.25) is 4.79 Å². The van der Waals surface area contributed by atoms with Gasteiger partial charge in [0.1, 0.15) is 5.75 Å². The lowest BCUT2D eigenvalue weighted by Gasteiger charge is -2.13. The summed E-state index contributed by atoms with van der Waals surface area (Å²) in [4.78, 5) is 12.3. The number of para-hydroxylation sites is 1. The van der Waals surface area contributed by atoms with Crippen LogP contribution in [0.5, 0.6) is 5.75 Å². The highest BCUT2D eigenvalue weighted by atomic mass is 19.3. The fourth-order valence-corrected chi connectivity index (χ4v) is 2.17. The van der Waals surface area contributed by atoms with E-state index in [2.05, 4.69) is 15.4 Å². The molecule has 2 rings (SSSR count). The van der Waals surface area contributed by atoms with Gasteiger partial charge in [0, 0.05) is 18.3 Å². The molecule has 2 aromatic rings. The fourth-order valence-electron chi connectivity index (χ4n) is 2.17. The Labute approximate surface area is 145 Å². The molecule has 0 saturated heterocycles. The molecule has 1 amide bonds. The number of hydrogen-bond acceptors (Lipinski definition) is 4. The molecule has 0 aliphatic carbocycles. The highest BCUT2D eigenvalue weighted by molar-refractivity contribution is 6.00. The molecule has 25 heavy (non-hydrogen) atoms. The molecule has 0 aliphatic heterocycles. The first-order valence-corrected chi connectivity index (χ1v) is 7.90. The van der Waals surface area contributed by atoms with Crippen LogP contribution in [0.2, 0.25) is 0 Å². The first-order chi connectivity index (χ1) is 12.0. The molecule has 0 fully saturated rings. The van der Waals surface area contributed by atoms with Crippen molar-refractivity contribution < 1.29 is 18.3 Å². The summed E-state index contributed by atoms with van der Waals surface area (Å²) in [6.45, 7) is -0.493. The van der Waals surface area contributed by atoms with Crippen LogP contribution in [-0.4, -0.2) is 25.1 Å². The second-order valence-electron chi connectivity index (χ2n) is 5.60. The Kier molecular flexibility index (Phi) is 6.71. The van der Waals surface area contributed by atoms with Crippen LogP contribution in [0, 0.1) is 0 Å². The molecule has 0 heterocycles. The van der Waals surface area contributed by atoms with Gasteiger partial charge >= 0.3 is 6.61 Å². The molecule has 5 nitrogen and oxygen atoms in total. The molecule has 1 atom stereocenters. The number of ether oxygens (including phenoxy) is 1. The SMILES string of the molecule is CC(N)CCNC(=O)c1ccccc1Nc1ccc(OC(F)F)cc1. The van der Waals surface area contributed by atoms with Gasteiger partial charge in [0.05, 0.1) is 11.3 Å². The van der Waals surface area contributed by atoms with Gasteiger partial charge in [-0.05, 0) is 49.7 Å². The summed E-state index contributed by atoms with van der Waals surface area (Å²) in [6, 6.07) is 13.1. The molecule has 134 valence electrons. The number of hydrogen-bond donors (Lipinski definition) is 3. The van der Waals surface area contributed by atoms with Crippen LogP contribution in [0.15, 0.2) is 48.5 Å². The minimum absolute atomic E-state index is 0.0163. The lowest BCUT2D eigenvalue weighted by Crippen LogP contribution is -2.29. The van der Waals surface area contributed by atoms with Gasteiger partial charge in [0.15, 0.2) is 0 Å². The summed E-state index contributed by atoms with van der Waals surface area (Å²) in [7, 11) is 0. The van der Waals surface area contributed by atoms with Crippen molar-refractivity contribution in [3.8, 4) is 5.75 Å². The van der Waals surface area contributed by atoms with Crippen molar-refractivity contribution in [3.05, 3.63) is 54.1 Å². The first-order valence-electron chi connectivity index (χ1n) is 7.90. The predicted molar refractivity (Wildman–Crippen MR) is 93.4 cm³/mol. The Morgan fingerprint density at radius 3 is 2.48 bits per heavy atom. The highest BCUT2D eigenvalue weighted by Crippen LogP contribution is 2.23. The molecule has 7 heteroatoms. The lowest BCUT2D eigenvalue weighted by atomic mass is 10.1. The quantitative estimate of drug-likeness (QED) is 0.682. The van der Waals surface area contributed by atoms with E-state index >= 15 is 0 Å². The Morgan fingerprint density at radius 1 is 1.16 bits per heavy atom. The average molecular weight is 349 g/mol. The number of alkyl halides is 2. The van der Waals surface area contributed by atoms with E-state index < -0.39 is 6.61 Å². The van der Waals surface area contributed by atoms with E-state index in [1.54, 1.807) is 36.4 Å². The number of benzene rings is 2. The highest BCUT2D eigenvalue weighted by Gasteiger charge is 2.11. The van der Waals surface area contributed by atoms with Crippen molar-refractivity contribution >= 4 is 17.3 Å². The van der Waals surface area contributed by atoms with Crippen molar-refractivity contribution in [3.63, 3.8) is 0 Å². The van der Waals surface area contributed by atoms with Gasteiger partial charge in [0.25, 0.3) is 5.91 Å². The third kappa shape index (κ3) is 6.04. The summed E-state index contributed by atoms with van der Waals surface area (Å²) in [5.74, 6) is -0.135. The van der Waals surface area contributed by atoms with E-state index in [-0.39, 0.29) is 17.7 Å². The Morgan fingerprint density at radius 2 is 1.84 bits per heavy atom. The van der Waals surface area contributed by atoms with Gasteiger partial charge in [0.2, 0.25) is 0 Å². The van der Waals surface area contributed by atoms with Crippen molar-refractivity contribution in [2.24, 2.45) is 5.73 Å². The largest absolute Gasteiger partial charge is 0.435 e. The number of halogens is 2. The van der Waals surface area contributed by atoms with Crippen molar-refractivity contribution in [2.75, 3.05) is 11.9 Å². The Hall–Kier alpha value is -2.67. The number of carbonyl (C=O) groups excluding carboxylic acids is 1. The Balaban J connectivity index is 2.06. The van der Waals surface area contributed by atoms with Gasteiger partial charge in [-0.15, -0.1) is 0 Å². The second-order valence-corrected chi connectivity index (χ2v) is 5.60. The summed E-state index contributed by atoms with van der Waals surface area (Å²) < 4.78 is 28.7. The molecule has 0 spiro atoms. The molecule has 2 aromatic carbocycles. The molecular formula is C18H21F2N3O2. The lowest BCUT2D eigenvalue weighted by molar-refractivity contribution is -0.0498. The molecule has 0 radical (unpaired) electrons. The van der Waals surface area contributed by atoms with Crippen LogP contribution in [0.3, 0.4) is 0 Å². The molecule has 0 bridgehead atoms. The number of nitrogens with one attached hydrogen (secondary N) is 2. The van der Waals surface area contributed by atoms with E-state index in [1.165, 1.54) is 12.1 Å². The van der Waals surface area contributed by atoms with Gasteiger partial charge in [-0.1, -0.05) is 12.1 Å². The number of nitrogens with two attached hydrogens (primary N) is 1. The van der Waals surface area contributed by atoms with Crippen LogP contribution in [0.1, 0.15) is 23.7 Å². The predicted octanol–water partition coefficient (Wildman–Crippen LogP) is 3.50. The van der Waals surface area contributed by atoms with Crippen molar-refractivity contribution in [1.29, 1.82) is 0 Å². The first kappa shape index (κ1) is 18.7. The second kappa shape index (κ2) is 8.98. The van der Waals surface area contributed by atoms with Gasteiger partial charge in [-0.2, -0.15) is 8.78 Å². The van der Waals surface area contributed by atoms with E-state index in [1.807, 2.05) is 6.92 Å². The van der Waals surface area contributed by atoms with Crippen LogP contribution in [-0.2, 0) is 0 Å². The monoisotopic (exact) mass is 349 g/mol. The topological polar surface area (TPSA) is 76.4 Å². The Bertz CT molecular complexity index is 691. The minimum Gasteiger partial charge on any atom is -0.435 e. The van der Waals surface area contributed by atoms with E-state index in [9.17, 15) is 13.6 Å². The average Bonchev–Trinajstić information content (AvgIpc) is 2.56. The third-order valence-corrected chi connectivity index (χ3v) is 3.42. The van der Waals surface area contributed by atoms with Crippen LogP contribution < -0.4 is 21.1 Å². The zero-order chi connectivity index (χ0) is 18.2. The smallest absolute Gasteiger partial charge is 0.387 e. The third-order valence-electron chi connectivity index (χ3n) is 3.42. The molecule has 0 aliphatic rings. The molecule has 0 saturated carbocycles.